The maximum absolute atomic E-state index is 12.5. The molecule has 33 heavy (non-hydrogen) atoms. The molecule has 1 amide bonds. The molecule has 0 atom stereocenters. The number of methoxy groups -OCH3 is 1. The predicted octanol–water partition coefficient (Wildman–Crippen LogP) is 4.17. The van der Waals surface area contributed by atoms with Gasteiger partial charge in [0.15, 0.2) is 0 Å². The van der Waals surface area contributed by atoms with E-state index in [1.165, 1.54) is 19.5 Å². The van der Waals surface area contributed by atoms with Crippen molar-refractivity contribution in [1.82, 2.24) is 19.9 Å². The Labute approximate surface area is 189 Å². The molecular formula is C23H22N6O4. The van der Waals surface area contributed by atoms with Gasteiger partial charge in [0.2, 0.25) is 5.95 Å². The number of rotatable bonds is 6. The van der Waals surface area contributed by atoms with Gasteiger partial charge in [0.1, 0.15) is 17.3 Å². The number of nitrogens with one attached hydrogen (secondary N) is 3. The number of benzene rings is 1. The van der Waals surface area contributed by atoms with Crippen LogP contribution in [0.5, 0.6) is 11.5 Å². The number of aromatic amines is 1. The first-order valence-electron chi connectivity index (χ1n) is 10.2. The van der Waals surface area contributed by atoms with Crippen molar-refractivity contribution in [2.45, 2.75) is 19.9 Å². The van der Waals surface area contributed by atoms with Gasteiger partial charge in [-0.05, 0) is 44.2 Å². The van der Waals surface area contributed by atoms with Gasteiger partial charge in [-0.1, -0.05) is 6.07 Å². The lowest BCUT2D eigenvalue weighted by Gasteiger charge is -2.10. The number of ether oxygens (including phenoxy) is 2. The monoisotopic (exact) mass is 446 g/mol. The number of anilines is 2. The standard InChI is InChI=1S/C23H22N6O4/c1-13(2)26-22-25-12-17(21(30)29-22)19-6-4-14-10-15(5-7-18(14)27-19)33-16-8-9-24-20(11-16)28-23(31)32-3/h4-13H,1-3H3,(H,24,28,31)(H2,25,26,29,30). The van der Waals surface area contributed by atoms with E-state index in [-0.39, 0.29) is 11.6 Å². The van der Waals surface area contributed by atoms with E-state index in [9.17, 15) is 9.59 Å². The fourth-order valence-electron chi connectivity index (χ4n) is 3.08. The van der Waals surface area contributed by atoms with Crippen molar-refractivity contribution < 1.29 is 14.3 Å². The van der Waals surface area contributed by atoms with Crippen LogP contribution >= 0.6 is 0 Å². The zero-order chi connectivity index (χ0) is 23.4. The van der Waals surface area contributed by atoms with E-state index in [0.717, 1.165) is 5.39 Å². The second kappa shape index (κ2) is 9.35. The van der Waals surface area contributed by atoms with E-state index in [4.69, 9.17) is 4.74 Å². The molecule has 0 aliphatic rings. The van der Waals surface area contributed by atoms with Crippen LogP contribution in [0.1, 0.15) is 13.8 Å². The molecule has 3 N–H and O–H groups in total. The lowest BCUT2D eigenvalue weighted by Crippen LogP contribution is -2.18. The van der Waals surface area contributed by atoms with Gasteiger partial charge in [-0.2, -0.15) is 0 Å². The second-order valence-electron chi connectivity index (χ2n) is 7.42. The number of aromatic nitrogens is 4. The first-order chi connectivity index (χ1) is 15.9. The summed E-state index contributed by atoms with van der Waals surface area (Å²) in [7, 11) is 1.27. The minimum atomic E-state index is -0.618. The van der Waals surface area contributed by atoms with Gasteiger partial charge in [0, 0.05) is 29.9 Å². The van der Waals surface area contributed by atoms with Gasteiger partial charge in [-0.15, -0.1) is 0 Å². The van der Waals surface area contributed by atoms with Crippen LogP contribution in [0.4, 0.5) is 16.6 Å². The molecule has 0 saturated carbocycles. The quantitative estimate of drug-likeness (QED) is 0.402. The Hall–Kier alpha value is -4.47. The topological polar surface area (TPSA) is 131 Å². The smallest absolute Gasteiger partial charge is 0.412 e. The number of pyridine rings is 2. The molecule has 10 nitrogen and oxygen atoms in total. The number of hydrogen-bond acceptors (Lipinski definition) is 8. The number of H-pyrrole nitrogens is 1. The van der Waals surface area contributed by atoms with E-state index in [2.05, 4.69) is 35.3 Å². The molecular weight excluding hydrogens is 424 g/mol. The highest BCUT2D eigenvalue weighted by Crippen LogP contribution is 2.27. The van der Waals surface area contributed by atoms with Crippen LogP contribution in [0, 0.1) is 0 Å². The molecule has 4 rings (SSSR count). The Balaban J connectivity index is 1.56. The predicted molar refractivity (Wildman–Crippen MR) is 125 cm³/mol. The summed E-state index contributed by atoms with van der Waals surface area (Å²) in [6.45, 7) is 3.92. The fourth-order valence-corrected chi connectivity index (χ4v) is 3.08. The Morgan fingerprint density at radius 1 is 1.06 bits per heavy atom. The number of hydrogen-bond donors (Lipinski definition) is 3. The van der Waals surface area contributed by atoms with E-state index < -0.39 is 6.09 Å². The third kappa shape index (κ3) is 5.24. The number of fused-ring (bicyclic) bond motifs is 1. The van der Waals surface area contributed by atoms with Crippen molar-refractivity contribution in [2.75, 3.05) is 17.7 Å². The lowest BCUT2D eigenvalue weighted by atomic mass is 10.1. The Morgan fingerprint density at radius 3 is 2.64 bits per heavy atom. The van der Waals surface area contributed by atoms with Crippen molar-refractivity contribution >= 4 is 28.8 Å². The molecule has 0 radical (unpaired) electrons. The fraction of sp³-hybridized carbons (Fsp3) is 0.174. The first kappa shape index (κ1) is 21.8. The van der Waals surface area contributed by atoms with Crippen molar-refractivity contribution in [3.63, 3.8) is 0 Å². The van der Waals surface area contributed by atoms with Gasteiger partial charge in [0.05, 0.1) is 23.9 Å². The molecule has 0 aliphatic carbocycles. The van der Waals surface area contributed by atoms with Gasteiger partial charge < -0.3 is 14.8 Å². The molecule has 3 aromatic heterocycles. The van der Waals surface area contributed by atoms with Crippen molar-refractivity contribution in [3.05, 3.63) is 65.2 Å². The van der Waals surface area contributed by atoms with Crippen LogP contribution in [-0.4, -0.2) is 39.2 Å². The number of amides is 1. The molecule has 10 heteroatoms. The third-order valence-corrected chi connectivity index (χ3v) is 4.54. The highest BCUT2D eigenvalue weighted by molar-refractivity contribution is 5.84. The summed E-state index contributed by atoms with van der Waals surface area (Å²) in [6, 6.07) is 12.4. The minimum absolute atomic E-state index is 0.150. The molecule has 0 saturated heterocycles. The van der Waals surface area contributed by atoms with Crippen LogP contribution in [0.2, 0.25) is 0 Å². The van der Waals surface area contributed by atoms with E-state index in [1.54, 1.807) is 30.3 Å². The van der Waals surface area contributed by atoms with E-state index >= 15 is 0 Å². The zero-order valence-electron chi connectivity index (χ0n) is 18.2. The summed E-state index contributed by atoms with van der Waals surface area (Å²) in [5, 5.41) is 6.38. The number of nitrogens with zero attached hydrogens (tertiary/aromatic N) is 3. The highest BCUT2D eigenvalue weighted by atomic mass is 16.5. The lowest BCUT2D eigenvalue weighted by molar-refractivity contribution is 0.187. The highest BCUT2D eigenvalue weighted by Gasteiger charge is 2.10. The van der Waals surface area contributed by atoms with Gasteiger partial charge in [0.25, 0.3) is 5.56 Å². The van der Waals surface area contributed by atoms with Crippen molar-refractivity contribution in [2.24, 2.45) is 0 Å². The Kier molecular flexibility index (Phi) is 6.16. The molecule has 4 aromatic rings. The Bertz CT molecular complexity index is 1370. The van der Waals surface area contributed by atoms with E-state index in [1.807, 2.05) is 26.0 Å². The summed E-state index contributed by atoms with van der Waals surface area (Å²) < 4.78 is 10.5. The largest absolute Gasteiger partial charge is 0.457 e. The van der Waals surface area contributed by atoms with Gasteiger partial charge in [-0.25, -0.2) is 19.7 Å². The zero-order valence-corrected chi connectivity index (χ0v) is 18.2. The SMILES string of the molecule is COC(=O)Nc1cc(Oc2ccc3nc(-c4cnc(NC(C)C)[nH]c4=O)ccc3c2)ccn1. The van der Waals surface area contributed by atoms with Crippen LogP contribution in [0.3, 0.4) is 0 Å². The van der Waals surface area contributed by atoms with Gasteiger partial charge >= 0.3 is 6.09 Å². The van der Waals surface area contributed by atoms with Crippen LogP contribution < -0.4 is 20.9 Å². The molecule has 168 valence electrons. The van der Waals surface area contributed by atoms with Gasteiger partial charge in [-0.3, -0.25) is 15.1 Å². The summed E-state index contributed by atoms with van der Waals surface area (Å²) in [5.41, 5.74) is 1.34. The van der Waals surface area contributed by atoms with Crippen LogP contribution in [-0.2, 0) is 4.74 Å². The van der Waals surface area contributed by atoms with Crippen molar-refractivity contribution in [1.29, 1.82) is 0 Å². The summed E-state index contributed by atoms with van der Waals surface area (Å²) in [5.74, 6) is 1.80. The maximum atomic E-state index is 12.5. The first-order valence-corrected chi connectivity index (χ1v) is 10.2. The molecule has 0 unspecified atom stereocenters. The van der Waals surface area contributed by atoms with Crippen LogP contribution in [0.15, 0.2) is 59.7 Å². The molecule has 3 heterocycles. The molecule has 0 spiro atoms. The number of carbonyl (C=O) groups is 1. The normalized spacial score (nSPS) is 10.8. The minimum Gasteiger partial charge on any atom is -0.457 e. The Morgan fingerprint density at radius 2 is 1.88 bits per heavy atom. The molecule has 0 aliphatic heterocycles. The second-order valence-corrected chi connectivity index (χ2v) is 7.42. The van der Waals surface area contributed by atoms with Crippen molar-refractivity contribution in [3.8, 4) is 22.8 Å². The van der Waals surface area contributed by atoms with Crippen LogP contribution in [0.25, 0.3) is 22.2 Å². The summed E-state index contributed by atoms with van der Waals surface area (Å²) in [6.07, 6.45) is 2.41. The number of carbonyl (C=O) groups excluding carboxylic acids is 1. The molecule has 0 bridgehead atoms. The third-order valence-electron chi connectivity index (χ3n) is 4.54. The maximum Gasteiger partial charge on any atom is 0.412 e. The molecule has 0 fully saturated rings. The summed E-state index contributed by atoms with van der Waals surface area (Å²) >= 11 is 0. The van der Waals surface area contributed by atoms with E-state index in [0.29, 0.717) is 40.0 Å². The summed E-state index contributed by atoms with van der Waals surface area (Å²) in [4.78, 5) is 39.5. The average molecular weight is 446 g/mol. The molecule has 1 aromatic carbocycles. The average Bonchev–Trinajstić information content (AvgIpc) is 2.78.